The molecule has 0 spiro atoms. The lowest BCUT2D eigenvalue weighted by molar-refractivity contribution is 0.252. The number of carbonyl (C=O) groups is 1. The fourth-order valence-electron chi connectivity index (χ4n) is 3.18. The molecule has 6 heteroatoms. The molecule has 1 aromatic heterocycles. The summed E-state index contributed by atoms with van der Waals surface area (Å²) >= 11 is 0. The van der Waals surface area contributed by atoms with Gasteiger partial charge >= 0.3 is 6.03 Å². The third-order valence-electron chi connectivity index (χ3n) is 4.65. The number of nitrogens with one attached hydrogen (secondary N) is 2. The van der Waals surface area contributed by atoms with Crippen LogP contribution in [-0.4, -0.2) is 28.9 Å². The number of urea groups is 1. The van der Waals surface area contributed by atoms with Gasteiger partial charge in [-0.05, 0) is 49.2 Å². The van der Waals surface area contributed by atoms with Crippen molar-refractivity contribution in [2.75, 3.05) is 23.3 Å². The van der Waals surface area contributed by atoms with Gasteiger partial charge in [-0.2, -0.15) is 5.10 Å². The molecule has 0 aliphatic carbocycles. The van der Waals surface area contributed by atoms with Gasteiger partial charge in [0.25, 0.3) is 0 Å². The zero-order valence-corrected chi connectivity index (χ0v) is 15.5. The van der Waals surface area contributed by atoms with E-state index >= 15 is 0 Å². The minimum atomic E-state index is -0.0316. The van der Waals surface area contributed by atoms with Crippen molar-refractivity contribution in [2.45, 2.75) is 19.9 Å². The number of amides is 2. The maximum atomic E-state index is 11.8. The average molecular weight is 361 g/mol. The number of carbonyl (C=O) groups excluding carboxylic acids is 1. The summed E-state index contributed by atoms with van der Waals surface area (Å²) in [6, 6.07) is 16.7. The van der Waals surface area contributed by atoms with E-state index in [0.717, 1.165) is 28.2 Å². The van der Waals surface area contributed by atoms with Crippen molar-refractivity contribution in [3.63, 3.8) is 0 Å². The highest BCUT2D eigenvalue weighted by molar-refractivity contribution is 5.94. The molecular formula is C21H23N5O. The van der Waals surface area contributed by atoms with Crippen LogP contribution in [0.5, 0.6) is 0 Å². The number of hydrogen-bond donors (Lipinski definition) is 2. The molecule has 1 fully saturated rings. The van der Waals surface area contributed by atoms with Crippen LogP contribution < -0.4 is 15.5 Å². The lowest BCUT2D eigenvalue weighted by atomic mass is 10.0. The first-order valence-corrected chi connectivity index (χ1v) is 9.17. The van der Waals surface area contributed by atoms with Gasteiger partial charge in [-0.3, -0.25) is 9.58 Å². The Hall–Kier alpha value is -3.28. The highest BCUT2D eigenvalue weighted by Gasteiger charge is 2.20. The average Bonchev–Trinajstić information content (AvgIpc) is 3.31. The molecule has 2 heterocycles. The predicted molar refractivity (Wildman–Crippen MR) is 109 cm³/mol. The normalized spacial score (nSPS) is 13.9. The number of benzene rings is 2. The Kier molecular flexibility index (Phi) is 4.54. The van der Waals surface area contributed by atoms with Crippen molar-refractivity contribution >= 4 is 23.1 Å². The monoisotopic (exact) mass is 361 g/mol. The van der Waals surface area contributed by atoms with E-state index in [0.29, 0.717) is 19.1 Å². The van der Waals surface area contributed by atoms with E-state index in [2.05, 4.69) is 53.8 Å². The lowest BCUT2D eigenvalue weighted by Crippen LogP contribution is -2.27. The van der Waals surface area contributed by atoms with Gasteiger partial charge in [0.2, 0.25) is 0 Å². The highest BCUT2D eigenvalue weighted by atomic mass is 16.2. The van der Waals surface area contributed by atoms with Gasteiger partial charge in [-0.25, -0.2) is 4.79 Å². The Morgan fingerprint density at radius 1 is 1.07 bits per heavy atom. The first-order valence-electron chi connectivity index (χ1n) is 9.17. The van der Waals surface area contributed by atoms with Gasteiger partial charge in [-0.15, -0.1) is 0 Å². The van der Waals surface area contributed by atoms with Crippen molar-refractivity contribution < 1.29 is 4.79 Å². The van der Waals surface area contributed by atoms with E-state index in [1.165, 1.54) is 0 Å². The molecule has 2 N–H and O–H groups in total. The number of rotatable bonds is 5. The van der Waals surface area contributed by atoms with E-state index in [4.69, 9.17) is 0 Å². The Bertz CT molecular complexity index is 945. The molecule has 3 aromatic rings. The molecule has 4 rings (SSSR count). The van der Waals surface area contributed by atoms with Crippen LogP contribution in [0.25, 0.3) is 11.1 Å². The second kappa shape index (κ2) is 7.15. The van der Waals surface area contributed by atoms with Gasteiger partial charge < -0.3 is 10.6 Å². The van der Waals surface area contributed by atoms with Crippen molar-refractivity contribution in [3.05, 3.63) is 60.9 Å². The fourth-order valence-corrected chi connectivity index (χ4v) is 3.18. The molecule has 1 saturated heterocycles. The summed E-state index contributed by atoms with van der Waals surface area (Å²) in [4.78, 5) is 13.5. The zero-order valence-electron chi connectivity index (χ0n) is 15.5. The maximum absolute atomic E-state index is 11.8. The number of hydrogen-bond acceptors (Lipinski definition) is 3. The topological polar surface area (TPSA) is 62.2 Å². The quantitative estimate of drug-likeness (QED) is 0.708. The molecule has 2 amide bonds. The van der Waals surface area contributed by atoms with Crippen LogP contribution in [0.3, 0.4) is 0 Å². The summed E-state index contributed by atoms with van der Waals surface area (Å²) in [5, 5.41) is 10.6. The fraction of sp³-hybridized carbons (Fsp3) is 0.238. The number of aromatic nitrogens is 2. The Morgan fingerprint density at radius 2 is 1.89 bits per heavy atom. The minimum absolute atomic E-state index is 0.0316. The van der Waals surface area contributed by atoms with Crippen LogP contribution in [0.2, 0.25) is 0 Å². The van der Waals surface area contributed by atoms with E-state index in [1.54, 1.807) is 4.90 Å². The standard InChI is InChI=1S/C21H23N5O/c1-15(2)26-14-19(13-23-26)24-18-5-3-4-17(12-18)16-6-8-20(9-7-16)25-11-10-22-21(25)27/h3-9,12-15,24H,10-11H2,1-2H3,(H,22,27). The Morgan fingerprint density at radius 3 is 2.56 bits per heavy atom. The molecule has 1 aliphatic heterocycles. The van der Waals surface area contributed by atoms with E-state index in [1.807, 2.05) is 41.3 Å². The van der Waals surface area contributed by atoms with Crippen molar-refractivity contribution in [3.8, 4) is 11.1 Å². The van der Waals surface area contributed by atoms with Crippen molar-refractivity contribution in [1.82, 2.24) is 15.1 Å². The summed E-state index contributed by atoms with van der Waals surface area (Å²) in [6.07, 6.45) is 3.84. The van der Waals surface area contributed by atoms with Gasteiger partial charge in [0.1, 0.15) is 0 Å². The molecule has 0 unspecified atom stereocenters. The number of nitrogens with zero attached hydrogens (tertiary/aromatic N) is 3. The molecular weight excluding hydrogens is 338 g/mol. The van der Waals surface area contributed by atoms with Gasteiger partial charge in [0.05, 0.1) is 11.9 Å². The molecule has 0 atom stereocenters. The molecule has 27 heavy (non-hydrogen) atoms. The summed E-state index contributed by atoms with van der Waals surface area (Å²) < 4.78 is 1.93. The van der Waals surface area contributed by atoms with Crippen LogP contribution in [0.15, 0.2) is 60.9 Å². The van der Waals surface area contributed by atoms with Gasteiger partial charge in [0, 0.05) is 36.7 Å². The SMILES string of the molecule is CC(C)n1cc(Nc2cccc(-c3ccc(N4CCNC4=O)cc3)c2)cn1. The first-order chi connectivity index (χ1) is 13.1. The highest BCUT2D eigenvalue weighted by Crippen LogP contribution is 2.27. The molecule has 2 aromatic carbocycles. The van der Waals surface area contributed by atoms with Crippen molar-refractivity contribution in [1.29, 1.82) is 0 Å². The molecule has 6 nitrogen and oxygen atoms in total. The van der Waals surface area contributed by atoms with Gasteiger partial charge in [-0.1, -0.05) is 24.3 Å². The third kappa shape index (κ3) is 3.65. The lowest BCUT2D eigenvalue weighted by Gasteiger charge is -2.14. The Labute approximate surface area is 158 Å². The van der Waals surface area contributed by atoms with E-state index in [9.17, 15) is 4.79 Å². The van der Waals surface area contributed by atoms with Crippen LogP contribution in [0, 0.1) is 0 Å². The van der Waals surface area contributed by atoms with Crippen LogP contribution in [0.1, 0.15) is 19.9 Å². The molecule has 0 saturated carbocycles. The van der Waals surface area contributed by atoms with Crippen LogP contribution in [-0.2, 0) is 0 Å². The minimum Gasteiger partial charge on any atom is -0.353 e. The van der Waals surface area contributed by atoms with E-state index in [-0.39, 0.29) is 6.03 Å². The van der Waals surface area contributed by atoms with Crippen molar-refractivity contribution in [2.24, 2.45) is 0 Å². The molecule has 0 radical (unpaired) electrons. The number of anilines is 3. The van der Waals surface area contributed by atoms with Crippen LogP contribution in [0.4, 0.5) is 21.9 Å². The summed E-state index contributed by atoms with van der Waals surface area (Å²) in [6.45, 7) is 5.61. The van der Waals surface area contributed by atoms with Gasteiger partial charge in [0.15, 0.2) is 0 Å². The zero-order chi connectivity index (χ0) is 18.8. The predicted octanol–water partition coefficient (Wildman–Crippen LogP) is 4.40. The second-order valence-corrected chi connectivity index (χ2v) is 6.94. The second-order valence-electron chi connectivity index (χ2n) is 6.94. The molecule has 0 bridgehead atoms. The maximum Gasteiger partial charge on any atom is 0.321 e. The summed E-state index contributed by atoms with van der Waals surface area (Å²) in [5.74, 6) is 0. The largest absolute Gasteiger partial charge is 0.353 e. The van der Waals surface area contributed by atoms with Crippen LogP contribution >= 0.6 is 0 Å². The third-order valence-corrected chi connectivity index (χ3v) is 4.65. The Balaban J connectivity index is 1.52. The summed E-state index contributed by atoms with van der Waals surface area (Å²) in [5.41, 5.74) is 5.13. The smallest absolute Gasteiger partial charge is 0.321 e. The van der Waals surface area contributed by atoms with E-state index < -0.39 is 0 Å². The summed E-state index contributed by atoms with van der Waals surface area (Å²) in [7, 11) is 0. The molecule has 138 valence electrons. The molecule has 1 aliphatic rings. The first kappa shape index (κ1) is 17.1.